The van der Waals surface area contributed by atoms with E-state index in [1.807, 2.05) is 13.0 Å². The Hall–Kier alpha value is -1.95. The minimum Gasteiger partial charge on any atom is -0.454 e. The number of nitro benzene ring substituents is 1. The highest BCUT2D eigenvalue weighted by atomic mass is 79.9. The number of nitrogens with zero attached hydrogens (tertiary/aromatic N) is 1. The first-order valence-electron chi connectivity index (χ1n) is 5.78. The number of ether oxygens (including phenoxy) is 1. The van der Waals surface area contributed by atoms with Crippen LogP contribution in [0.3, 0.4) is 0 Å². The summed E-state index contributed by atoms with van der Waals surface area (Å²) in [4.78, 5) is 9.88. The van der Waals surface area contributed by atoms with Crippen LogP contribution in [0.25, 0.3) is 0 Å². The highest BCUT2D eigenvalue weighted by molar-refractivity contribution is 9.08. The number of non-ortho nitro benzene ring substituents is 1. The quantitative estimate of drug-likeness (QED) is 0.459. The summed E-state index contributed by atoms with van der Waals surface area (Å²) in [6.07, 6.45) is 0. The van der Waals surface area contributed by atoms with Crippen LogP contribution in [0.5, 0.6) is 11.5 Å². The molecule has 0 unspecified atom stereocenters. The highest BCUT2D eigenvalue weighted by Crippen LogP contribution is 2.28. The van der Waals surface area contributed by atoms with Crippen molar-refractivity contribution in [1.82, 2.24) is 0 Å². The van der Waals surface area contributed by atoms with E-state index < -0.39 is 10.7 Å². The zero-order valence-electron chi connectivity index (χ0n) is 10.6. The molecule has 104 valence electrons. The summed E-state index contributed by atoms with van der Waals surface area (Å²) in [5.41, 5.74) is 1.82. The fourth-order valence-corrected chi connectivity index (χ4v) is 2.32. The average molecular weight is 340 g/mol. The fourth-order valence-electron chi connectivity index (χ4n) is 1.69. The van der Waals surface area contributed by atoms with E-state index in [9.17, 15) is 14.5 Å². The second-order valence-electron chi connectivity index (χ2n) is 4.20. The Morgan fingerprint density at radius 1 is 1.30 bits per heavy atom. The van der Waals surface area contributed by atoms with Gasteiger partial charge in [0, 0.05) is 11.4 Å². The van der Waals surface area contributed by atoms with Gasteiger partial charge in [-0.25, -0.2) is 4.39 Å². The molecule has 0 aliphatic heterocycles. The summed E-state index contributed by atoms with van der Waals surface area (Å²) in [6.45, 7) is 1.93. The van der Waals surface area contributed by atoms with Crippen LogP contribution in [0.4, 0.5) is 10.1 Å². The van der Waals surface area contributed by atoms with Crippen molar-refractivity contribution in [2.45, 2.75) is 12.3 Å². The van der Waals surface area contributed by atoms with E-state index in [-0.39, 0.29) is 11.4 Å². The maximum Gasteiger partial charge on any atom is 0.272 e. The van der Waals surface area contributed by atoms with E-state index in [0.717, 1.165) is 22.5 Å². The molecule has 0 spiro atoms. The maximum atomic E-state index is 13.7. The number of alkyl halides is 1. The molecule has 0 heterocycles. The molecule has 6 heteroatoms. The van der Waals surface area contributed by atoms with Crippen LogP contribution in [0.1, 0.15) is 11.1 Å². The number of halogens is 2. The van der Waals surface area contributed by atoms with Crippen molar-refractivity contribution < 1.29 is 14.1 Å². The predicted molar refractivity (Wildman–Crippen MR) is 76.9 cm³/mol. The van der Waals surface area contributed by atoms with Gasteiger partial charge in [-0.05, 0) is 36.2 Å². The van der Waals surface area contributed by atoms with E-state index >= 15 is 0 Å². The number of benzene rings is 2. The number of aryl methyl sites for hydroxylation is 1. The van der Waals surface area contributed by atoms with Crippen LogP contribution in [0, 0.1) is 22.9 Å². The molecule has 2 aromatic carbocycles. The second kappa shape index (κ2) is 6.00. The van der Waals surface area contributed by atoms with Gasteiger partial charge in [-0.1, -0.05) is 22.0 Å². The van der Waals surface area contributed by atoms with Gasteiger partial charge < -0.3 is 4.74 Å². The van der Waals surface area contributed by atoms with E-state index in [2.05, 4.69) is 15.9 Å². The van der Waals surface area contributed by atoms with Crippen LogP contribution in [-0.4, -0.2) is 4.92 Å². The fraction of sp³-hybridized carbons (Fsp3) is 0.143. The van der Waals surface area contributed by atoms with E-state index in [1.54, 1.807) is 12.1 Å². The molecule has 2 aromatic rings. The van der Waals surface area contributed by atoms with E-state index in [4.69, 9.17) is 4.74 Å². The van der Waals surface area contributed by atoms with E-state index in [1.165, 1.54) is 12.1 Å². The van der Waals surface area contributed by atoms with Gasteiger partial charge in [0.15, 0.2) is 11.6 Å². The van der Waals surface area contributed by atoms with Crippen molar-refractivity contribution in [3.63, 3.8) is 0 Å². The molecule has 0 saturated carbocycles. The van der Waals surface area contributed by atoms with Gasteiger partial charge in [0.1, 0.15) is 5.75 Å². The molecule has 0 N–H and O–H groups in total. The molecule has 0 bridgehead atoms. The summed E-state index contributed by atoms with van der Waals surface area (Å²) in [7, 11) is 0. The number of rotatable bonds is 4. The largest absolute Gasteiger partial charge is 0.454 e. The lowest BCUT2D eigenvalue weighted by Gasteiger charge is -2.09. The molecule has 0 fully saturated rings. The molecule has 2 rings (SSSR count). The third-order valence-electron chi connectivity index (χ3n) is 2.81. The Labute approximate surface area is 123 Å². The normalized spacial score (nSPS) is 10.3. The number of nitro groups is 1. The molecular formula is C14H11BrFNO3. The molecule has 4 nitrogen and oxygen atoms in total. The van der Waals surface area contributed by atoms with Crippen molar-refractivity contribution in [1.29, 1.82) is 0 Å². The molecule has 0 saturated heterocycles. The third kappa shape index (κ3) is 3.14. The molecule has 20 heavy (non-hydrogen) atoms. The summed E-state index contributed by atoms with van der Waals surface area (Å²) in [6, 6.07) is 8.69. The first-order chi connectivity index (χ1) is 9.51. The molecule has 0 radical (unpaired) electrons. The van der Waals surface area contributed by atoms with Crippen LogP contribution in [-0.2, 0) is 5.33 Å². The smallest absolute Gasteiger partial charge is 0.272 e. The van der Waals surface area contributed by atoms with Gasteiger partial charge in [0.2, 0.25) is 0 Å². The van der Waals surface area contributed by atoms with Gasteiger partial charge >= 0.3 is 0 Å². The second-order valence-corrected chi connectivity index (χ2v) is 4.76. The summed E-state index contributed by atoms with van der Waals surface area (Å²) < 4.78 is 19.1. The van der Waals surface area contributed by atoms with Gasteiger partial charge in [0.05, 0.1) is 11.0 Å². The van der Waals surface area contributed by atoms with Gasteiger partial charge in [0.25, 0.3) is 5.69 Å². The van der Waals surface area contributed by atoms with Crippen LogP contribution in [0.2, 0.25) is 0 Å². The van der Waals surface area contributed by atoms with Crippen molar-refractivity contribution in [2.75, 3.05) is 0 Å². The van der Waals surface area contributed by atoms with Gasteiger partial charge in [-0.2, -0.15) is 0 Å². The molecule has 0 aliphatic rings. The van der Waals surface area contributed by atoms with Crippen LogP contribution < -0.4 is 4.74 Å². The standard InChI is InChI=1S/C14H11BrFNO3/c1-9-6-12(4-2-10(9)8-15)20-14-5-3-11(17(18)19)7-13(14)16/h2-7H,8H2,1H3. The first-order valence-corrected chi connectivity index (χ1v) is 6.90. The zero-order chi connectivity index (χ0) is 14.7. The minimum atomic E-state index is -0.763. The van der Waals surface area contributed by atoms with Gasteiger partial charge in [-0.3, -0.25) is 10.1 Å². The topological polar surface area (TPSA) is 52.4 Å². The van der Waals surface area contributed by atoms with Crippen LogP contribution >= 0.6 is 15.9 Å². The lowest BCUT2D eigenvalue weighted by Crippen LogP contribution is -1.93. The lowest BCUT2D eigenvalue weighted by molar-refractivity contribution is -0.385. The van der Waals surface area contributed by atoms with Crippen LogP contribution in [0.15, 0.2) is 36.4 Å². The zero-order valence-corrected chi connectivity index (χ0v) is 12.2. The van der Waals surface area contributed by atoms with Crippen molar-refractivity contribution in [3.05, 3.63) is 63.5 Å². The Kier molecular flexibility index (Phi) is 4.34. The minimum absolute atomic E-state index is 0.0402. The summed E-state index contributed by atoms with van der Waals surface area (Å²) >= 11 is 3.37. The SMILES string of the molecule is Cc1cc(Oc2ccc([N+](=O)[O-])cc2F)ccc1CBr. The molecule has 0 aromatic heterocycles. The monoisotopic (exact) mass is 339 g/mol. The van der Waals surface area contributed by atoms with Gasteiger partial charge in [-0.15, -0.1) is 0 Å². The first kappa shape index (κ1) is 14.5. The van der Waals surface area contributed by atoms with Crippen molar-refractivity contribution >= 4 is 21.6 Å². The lowest BCUT2D eigenvalue weighted by atomic mass is 10.1. The summed E-state index contributed by atoms with van der Waals surface area (Å²) in [5, 5.41) is 11.3. The number of hydrogen-bond acceptors (Lipinski definition) is 3. The maximum absolute atomic E-state index is 13.7. The highest BCUT2D eigenvalue weighted by Gasteiger charge is 2.12. The molecule has 0 aliphatic carbocycles. The number of hydrogen-bond donors (Lipinski definition) is 0. The Morgan fingerprint density at radius 3 is 2.60 bits per heavy atom. The average Bonchev–Trinajstić information content (AvgIpc) is 2.41. The Morgan fingerprint density at radius 2 is 2.05 bits per heavy atom. The van der Waals surface area contributed by atoms with Crippen molar-refractivity contribution in [3.8, 4) is 11.5 Å². The third-order valence-corrected chi connectivity index (χ3v) is 3.42. The summed E-state index contributed by atoms with van der Waals surface area (Å²) in [5.74, 6) is -0.317. The molecule has 0 atom stereocenters. The molecular weight excluding hydrogens is 329 g/mol. The molecule has 0 amide bonds. The van der Waals surface area contributed by atoms with E-state index in [0.29, 0.717) is 5.75 Å². The predicted octanol–water partition coefficient (Wildman–Crippen LogP) is 4.73. The Balaban J connectivity index is 2.26. The Bertz CT molecular complexity index is 661. The van der Waals surface area contributed by atoms with Crippen molar-refractivity contribution in [2.24, 2.45) is 0 Å².